The van der Waals surface area contributed by atoms with Crippen molar-refractivity contribution in [2.24, 2.45) is 5.73 Å². The first-order valence-electron chi connectivity index (χ1n) is 10.1. The zero-order valence-electron chi connectivity index (χ0n) is 16.8. The van der Waals surface area contributed by atoms with Crippen LogP contribution in [0.2, 0.25) is 15.1 Å². The maximum atomic E-state index is 10.2. The van der Waals surface area contributed by atoms with E-state index in [9.17, 15) is 4.79 Å². The summed E-state index contributed by atoms with van der Waals surface area (Å²) in [5.74, 6) is -0.893. The van der Waals surface area contributed by atoms with Crippen LogP contribution in [0.5, 0.6) is 5.75 Å². The van der Waals surface area contributed by atoms with Gasteiger partial charge in [-0.3, -0.25) is 0 Å². The molecule has 0 bridgehead atoms. The fourth-order valence-electron chi connectivity index (χ4n) is 2.56. The van der Waals surface area contributed by atoms with E-state index in [1.165, 1.54) is 82.8 Å². The average molecular weight is 455 g/mol. The third kappa shape index (κ3) is 15.3. The van der Waals surface area contributed by atoms with Gasteiger partial charge in [0.2, 0.25) is 0 Å². The van der Waals surface area contributed by atoms with Crippen molar-refractivity contribution < 1.29 is 14.6 Å². The first kappa shape index (κ1) is 27.3. The minimum Gasteiger partial charge on any atom is -0.480 e. The minimum absolute atomic E-state index is 0.198. The standard InChI is InChI=1S/C13H29N.C8H5Cl3O3/c1-2-3-4-5-6-7-8-9-10-11-12-13-14;9-4-1-6(11)7(2-5(4)10)14-3-8(12)13/h2-14H2,1H3;1-2H,3H2,(H,12,13). The molecule has 0 saturated heterocycles. The molecule has 4 nitrogen and oxygen atoms in total. The highest BCUT2D eigenvalue weighted by Crippen LogP contribution is 2.33. The molecule has 0 saturated carbocycles. The minimum atomic E-state index is -1.09. The van der Waals surface area contributed by atoms with E-state index in [4.69, 9.17) is 50.4 Å². The van der Waals surface area contributed by atoms with E-state index in [0.29, 0.717) is 5.02 Å². The van der Waals surface area contributed by atoms with E-state index in [0.717, 1.165) is 6.54 Å². The van der Waals surface area contributed by atoms with Gasteiger partial charge in [0.25, 0.3) is 0 Å². The summed E-state index contributed by atoms with van der Waals surface area (Å²) in [7, 11) is 0. The lowest BCUT2D eigenvalue weighted by Crippen LogP contribution is -2.09. The molecule has 0 heterocycles. The summed E-state index contributed by atoms with van der Waals surface area (Å²) in [4.78, 5) is 10.2. The highest BCUT2D eigenvalue weighted by Gasteiger charge is 2.08. The zero-order chi connectivity index (χ0) is 21.2. The lowest BCUT2D eigenvalue weighted by molar-refractivity contribution is -0.139. The zero-order valence-corrected chi connectivity index (χ0v) is 19.1. The number of carboxylic acid groups (broad SMARTS) is 1. The van der Waals surface area contributed by atoms with Gasteiger partial charge in [-0.15, -0.1) is 0 Å². The molecule has 0 atom stereocenters. The summed E-state index contributed by atoms with van der Waals surface area (Å²) in [6.45, 7) is 2.67. The van der Waals surface area contributed by atoms with Crippen LogP contribution >= 0.6 is 34.8 Å². The van der Waals surface area contributed by atoms with Crippen LogP contribution in [0, 0.1) is 0 Å². The second kappa shape index (κ2) is 18.4. The van der Waals surface area contributed by atoms with E-state index in [1.54, 1.807) is 0 Å². The summed E-state index contributed by atoms with van der Waals surface area (Å²) < 4.78 is 4.86. The molecule has 1 aromatic rings. The Hall–Kier alpha value is -0.680. The van der Waals surface area contributed by atoms with Crippen LogP contribution in [0.3, 0.4) is 0 Å². The number of ether oxygens (including phenoxy) is 1. The summed E-state index contributed by atoms with van der Waals surface area (Å²) in [6.07, 6.45) is 15.4. The highest BCUT2D eigenvalue weighted by molar-refractivity contribution is 6.43. The Morgan fingerprint density at radius 2 is 1.32 bits per heavy atom. The molecule has 1 rings (SSSR count). The first-order chi connectivity index (χ1) is 13.4. The van der Waals surface area contributed by atoms with Crippen molar-refractivity contribution in [1.29, 1.82) is 0 Å². The van der Waals surface area contributed by atoms with Gasteiger partial charge in [-0.1, -0.05) is 106 Å². The summed E-state index contributed by atoms with van der Waals surface area (Å²) in [5.41, 5.74) is 5.44. The fourth-order valence-corrected chi connectivity index (χ4v) is 3.15. The third-order valence-corrected chi connectivity index (χ3v) is 5.15. The number of rotatable bonds is 14. The number of aliphatic carboxylic acids is 1. The molecule has 0 aromatic heterocycles. The second-order valence-corrected chi connectivity index (χ2v) is 7.92. The topological polar surface area (TPSA) is 72.6 Å². The van der Waals surface area contributed by atoms with E-state index in [2.05, 4.69) is 6.92 Å². The Morgan fingerprint density at radius 1 is 0.857 bits per heavy atom. The monoisotopic (exact) mass is 453 g/mol. The van der Waals surface area contributed by atoms with Crippen LogP contribution in [0.25, 0.3) is 0 Å². The number of unbranched alkanes of at least 4 members (excludes halogenated alkanes) is 10. The van der Waals surface area contributed by atoms with Crippen LogP contribution in [0.1, 0.15) is 77.6 Å². The van der Waals surface area contributed by atoms with E-state index in [1.807, 2.05) is 0 Å². The maximum absolute atomic E-state index is 10.2. The van der Waals surface area contributed by atoms with Crippen LogP contribution in [0.15, 0.2) is 12.1 Å². The average Bonchev–Trinajstić information content (AvgIpc) is 2.65. The Labute approximate surface area is 184 Å². The lowest BCUT2D eigenvalue weighted by Gasteiger charge is -2.06. The molecule has 3 N–H and O–H groups in total. The van der Waals surface area contributed by atoms with Gasteiger partial charge < -0.3 is 15.6 Å². The van der Waals surface area contributed by atoms with Gasteiger partial charge in [0, 0.05) is 6.07 Å². The predicted octanol–water partition coefficient (Wildman–Crippen LogP) is 7.37. The van der Waals surface area contributed by atoms with Crippen molar-refractivity contribution >= 4 is 40.8 Å². The van der Waals surface area contributed by atoms with Crippen molar-refractivity contribution in [3.63, 3.8) is 0 Å². The Bertz CT molecular complexity index is 530. The number of carboxylic acids is 1. The van der Waals surface area contributed by atoms with E-state index < -0.39 is 12.6 Å². The van der Waals surface area contributed by atoms with Crippen LogP contribution in [-0.4, -0.2) is 24.2 Å². The van der Waals surface area contributed by atoms with Crippen molar-refractivity contribution in [2.75, 3.05) is 13.2 Å². The molecule has 0 unspecified atom stereocenters. The Kier molecular flexibility index (Phi) is 17.9. The molecule has 162 valence electrons. The predicted molar refractivity (Wildman–Crippen MR) is 120 cm³/mol. The Balaban J connectivity index is 0.000000521. The second-order valence-electron chi connectivity index (χ2n) is 6.70. The van der Waals surface area contributed by atoms with Gasteiger partial charge in [0.1, 0.15) is 5.75 Å². The summed E-state index contributed by atoms with van der Waals surface area (Å²) in [5, 5.41) is 9.14. The lowest BCUT2D eigenvalue weighted by atomic mass is 10.1. The van der Waals surface area contributed by atoms with Crippen molar-refractivity contribution in [3.05, 3.63) is 27.2 Å². The smallest absolute Gasteiger partial charge is 0.341 e. The molecule has 0 aliphatic heterocycles. The van der Waals surface area contributed by atoms with E-state index in [-0.39, 0.29) is 15.8 Å². The summed E-state index contributed by atoms with van der Waals surface area (Å²) in [6, 6.07) is 2.76. The number of hydrogen-bond donors (Lipinski definition) is 2. The van der Waals surface area contributed by atoms with Crippen molar-refractivity contribution in [3.8, 4) is 5.75 Å². The number of halogens is 3. The molecule has 28 heavy (non-hydrogen) atoms. The van der Waals surface area contributed by atoms with Crippen molar-refractivity contribution in [2.45, 2.75) is 77.6 Å². The van der Waals surface area contributed by atoms with E-state index >= 15 is 0 Å². The number of hydrogen-bond acceptors (Lipinski definition) is 3. The molecule has 0 radical (unpaired) electrons. The van der Waals surface area contributed by atoms with Gasteiger partial charge >= 0.3 is 5.97 Å². The molecule has 1 aromatic carbocycles. The van der Waals surface area contributed by atoms with Gasteiger partial charge in [-0.2, -0.15) is 0 Å². The Morgan fingerprint density at radius 3 is 1.79 bits per heavy atom. The van der Waals surface area contributed by atoms with Gasteiger partial charge in [0.15, 0.2) is 6.61 Å². The molecule has 0 amide bonds. The van der Waals surface area contributed by atoms with Crippen LogP contribution < -0.4 is 10.5 Å². The highest BCUT2D eigenvalue weighted by atomic mass is 35.5. The van der Waals surface area contributed by atoms with Gasteiger partial charge in [0.05, 0.1) is 15.1 Å². The quantitative estimate of drug-likeness (QED) is 0.227. The van der Waals surface area contributed by atoms with Crippen LogP contribution in [-0.2, 0) is 4.79 Å². The number of nitrogens with two attached hydrogens (primary N) is 1. The maximum Gasteiger partial charge on any atom is 0.341 e. The third-order valence-electron chi connectivity index (χ3n) is 4.13. The van der Waals surface area contributed by atoms with Gasteiger partial charge in [-0.25, -0.2) is 4.79 Å². The first-order valence-corrected chi connectivity index (χ1v) is 11.2. The van der Waals surface area contributed by atoms with Crippen molar-refractivity contribution in [1.82, 2.24) is 0 Å². The fraction of sp³-hybridized carbons (Fsp3) is 0.667. The van der Waals surface area contributed by atoms with Gasteiger partial charge in [-0.05, 0) is 19.0 Å². The SMILES string of the molecule is CCCCCCCCCCCCCN.O=C(O)COc1cc(Cl)c(Cl)cc1Cl. The number of carbonyl (C=O) groups is 1. The molecule has 0 aliphatic carbocycles. The largest absolute Gasteiger partial charge is 0.480 e. The van der Waals surface area contributed by atoms with Crippen LogP contribution in [0.4, 0.5) is 0 Å². The molecule has 0 aliphatic rings. The molecule has 0 spiro atoms. The normalized spacial score (nSPS) is 10.3. The molecular formula is C21H34Cl3NO3. The molecule has 7 heteroatoms. The molecular weight excluding hydrogens is 421 g/mol. The molecule has 0 fully saturated rings. The summed E-state index contributed by atoms with van der Waals surface area (Å²) >= 11 is 17.1. The number of benzene rings is 1.